The summed E-state index contributed by atoms with van der Waals surface area (Å²) in [4.78, 5) is 29.4. The highest BCUT2D eigenvalue weighted by Gasteiger charge is 2.33. The minimum Gasteiger partial charge on any atom is -0.480 e. The molecule has 2 aromatic carbocycles. The molecule has 172 valence electrons. The first-order valence-electron chi connectivity index (χ1n) is 9.31. The number of aliphatic imine (C=N–C) groups is 2. The van der Waals surface area contributed by atoms with Gasteiger partial charge in [-0.25, -0.2) is 4.79 Å². The fraction of sp³-hybridized carbons (Fsp3) is 0.190. The molecule has 1 atom stereocenters. The maximum Gasteiger partial charge on any atom is 0.416 e. The number of aliphatic carboxylic acids is 1. The second kappa shape index (κ2) is 9.86. The fourth-order valence-corrected chi connectivity index (χ4v) is 3.86. The van der Waals surface area contributed by atoms with E-state index in [2.05, 4.69) is 16.7 Å². The van der Waals surface area contributed by atoms with Crippen LogP contribution in [0.5, 0.6) is 11.5 Å². The second-order valence-corrected chi connectivity index (χ2v) is 7.81. The van der Waals surface area contributed by atoms with Crippen molar-refractivity contribution in [3.63, 3.8) is 0 Å². The van der Waals surface area contributed by atoms with Crippen LogP contribution in [0.15, 0.2) is 52.5 Å². The first-order valence-corrected chi connectivity index (χ1v) is 10.3. The van der Waals surface area contributed by atoms with Crippen molar-refractivity contribution in [1.82, 2.24) is 0 Å². The molecule has 0 amide bonds. The van der Waals surface area contributed by atoms with E-state index in [1.165, 1.54) is 30.0 Å². The molecule has 8 nitrogen and oxygen atoms in total. The third-order valence-electron chi connectivity index (χ3n) is 4.46. The van der Waals surface area contributed by atoms with Gasteiger partial charge in [-0.2, -0.15) is 13.2 Å². The summed E-state index contributed by atoms with van der Waals surface area (Å²) in [5.74, 6) is -1.13. The van der Waals surface area contributed by atoms with E-state index in [1.54, 1.807) is 12.2 Å². The van der Waals surface area contributed by atoms with E-state index in [4.69, 9.17) is 9.84 Å². The molecule has 1 unspecified atom stereocenters. The minimum absolute atomic E-state index is 0.0583. The highest BCUT2D eigenvalue weighted by molar-refractivity contribution is 8.14. The lowest BCUT2D eigenvalue weighted by Crippen LogP contribution is -2.16. The van der Waals surface area contributed by atoms with E-state index < -0.39 is 40.1 Å². The summed E-state index contributed by atoms with van der Waals surface area (Å²) in [5.41, 5.74) is -0.755. The van der Waals surface area contributed by atoms with E-state index >= 15 is 0 Å². The molecule has 33 heavy (non-hydrogen) atoms. The molecule has 1 heterocycles. The monoisotopic (exact) mass is 479 g/mol. The number of halogens is 3. The van der Waals surface area contributed by atoms with Crippen molar-refractivity contribution in [3.8, 4) is 11.5 Å². The molecule has 3 rings (SSSR count). The molecule has 0 saturated carbocycles. The van der Waals surface area contributed by atoms with Gasteiger partial charge in [0, 0.05) is 29.9 Å². The van der Waals surface area contributed by atoms with Gasteiger partial charge >= 0.3 is 17.8 Å². The number of allylic oxidation sites excluding steroid dienone is 1. The zero-order valence-electron chi connectivity index (χ0n) is 16.8. The maximum atomic E-state index is 13.0. The Bertz CT molecular complexity index is 1160. The quantitative estimate of drug-likeness (QED) is 0.293. The summed E-state index contributed by atoms with van der Waals surface area (Å²) >= 11 is 1.34. The molecule has 0 radical (unpaired) electrons. The molecule has 2 aromatic rings. The third-order valence-corrected chi connectivity index (χ3v) is 5.55. The molecule has 0 saturated heterocycles. The number of hydrogen-bond donors (Lipinski definition) is 1. The Morgan fingerprint density at radius 1 is 1.36 bits per heavy atom. The summed E-state index contributed by atoms with van der Waals surface area (Å²) < 4.78 is 44.6. The summed E-state index contributed by atoms with van der Waals surface area (Å²) in [6.07, 6.45) is -0.960. The van der Waals surface area contributed by atoms with Crippen molar-refractivity contribution >= 4 is 46.9 Å². The Labute approximate surface area is 189 Å². The summed E-state index contributed by atoms with van der Waals surface area (Å²) in [6, 6.07) is 5.51. The molecule has 0 fully saturated rings. The van der Waals surface area contributed by atoms with Gasteiger partial charge in [-0.15, -0.1) is 11.8 Å². The van der Waals surface area contributed by atoms with Crippen molar-refractivity contribution in [3.05, 3.63) is 63.7 Å². The number of carboxylic acid groups (broad SMARTS) is 1. The average molecular weight is 479 g/mol. The topological polar surface area (TPSA) is 114 Å². The van der Waals surface area contributed by atoms with Gasteiger partial charge in [0.2, 0.25) is 5.75 Å². The number of carbonyl (C=O) groups is 1. The highest BCUT2D eigenvalue weighted by atomic mass is 32.2. The van der Waals surface area contributed by atoms with Gasteiger partial charge in [0.05, 0.1) is 21.2 Å². The molecule has 0 bridgehead atoms. The molecule has 0 spiro atoms. The van der Waals surface area contributed by atoms with E-state index in [0.29, 0.717) is 40.6 Å². The van der Waals surface area contributed by atoms with E-state index in [1.807, 2.05) is 0 Å². The fourth-order valence-electron chi connectivity index (χ4n) is 2.87. The van der Waals surface area contributed by atoms with Gasteiger partial charge < -0.3 is 9.84 Å². The number of thioether (sulfide) groups is 1. The first-order chi connectivity index (χ1) is 15.6. The van der Waals surface area contributed by atoms with E-state index in [0.717, 1.165) is 6.07 Å². The van der Waals surface area contributed by atoms with Crippen LogP contribution in [0.3, 0.4) is 0 Å². The third kappa shape index (κ3) is 5.98. The first kappa shape index (κ1) is 24.0. The summed E-state index contributed by atoms with van der Waals surface area (Å²) in [6.45, 7) is 3.46. The number of hydrogen-bond acceptors (Lipinski definition) is 7. The van der Waals surface area contributed by atoms with Crippen molar-refractivity contribution in [2.45, 2.75) is 18.6 Å². The number of nitrogens with zero attached hydrogens (tertiary/aromatic N) is 3. The van der Waals surface area contributed by atoms with Crippen LogP contribution in [0.2, 0.25) is 0 Å². The standard InChI is InChI=1S/C21H16F3N3O5S/c1-25-15-7-6-14(9-12(15)3-2-4-19-26-16(11-33-19)20(28)29)32-18-10-13(21(22,23)24)5-8-17(18)27(30)31/h2-3,5-10,16H,1,4,11H2,(H,28,29)/b3-2-. The van der Waals surface area contributed by atoms with Crippen LogP contribution in [0.4, 0.5) is 24.5 Å². The predicted molar refractivity (Wildman–Crippen MR) is 119 cm³/mol. The van der Waals surface area contributed by atoms with Crippen LogP contribution in [0, 0.1) is 10.1 Å². The van der Waals surface area contributed by atoms with Crippen LogP contribution in [-0.4, -0.2) is 39.6 Å². The smallest absolute Gasteiger partial charge is 0.416 e. The highest BCUT2D eigenvalue weighted by Crippen LogP contribution is 2.39. The van der Waals surface area contributed by atoms with Crippen molar-refractivity contribution in [2.75, 3.05) is 5.75 Å². The Hall–Kier alpha value is -3.67. The number of carboxylic acids is 1. The van der Waals surface area contributed by atoms with Crippen molar-refractivity contribution in [2.24, 2.45) is 9.98 Å². The predicted octanol–water partition coefficient (Wildman–Crippen LogP) is 5.74. The number of rotatable bonds is 8. The zero-order valence-corrected chi connectivity index (χ0v) is 17.6. The molecule has 12 heteroatoms. The van der Waals surface area contributed by atoms with Crippen LogP contribution in [0.1, 0.15) is 17.5 Å². The van der Waals surface area contributed by atoms with Gasteiger partial charge in [-0.1, -0.05) is 12.2 Å². The molecular weight excluding hydrogens is 463 g/mol. The Kier molecular flexibility index (Phi) is 7.16. The van der Waals surface area contributed by atoms with Crippen LogP contribution < -0.4 is 4.74 Å². The minimum atomic E-state index is -4.70. The second-order valence-electron chi connectivity index (χ2n) is 6.71. The maximum absolute atomic E-state index is 13.0. The normalized spacial score (nSPS) is 16.0. The molecule has 1 aliphatic heterocycles. The molecule has 1 N–H and O–H groups in total. The van der Waals surface area contributed by atoms with Gasteiger partial charge in [-0.3, -0.25) is 20.1 Å². The molecule has 0 aliphatic carbocycles. The lowest BCUT2D eigenvalue weighted by molar-refractivity contribution is -0.385. The zero-order chi connectivity index (χ0) is 24.2. The van der Waals surface area contributed by atoms with Crippen LogP contribution >= 0.6 is 11.8 Å². The van der Waals surface area contributed by atoms with E-state index in [-0.39, 0.29) is 5.75 Å². The average Bonchev–Trinajstić information content (AvgIpc) is 3.22. The Balaban J connectivity index is 1.85. The Morgan fingerprint density at radius 2 is 2.12 bits per heavy atom. The lowest BCUT2D eigenvalue weighted by Gasteiger charge is -2.11. The van der Waals surface area contributed by atoms with Gasteiger partial charge in [0.1, 0.15) is 5.75 Å². The van der Waals surface area contributed by atoms with Gasteiger partial charge in [-0.05, 0) is 31.0 Å². The molecule has 0 aromatic heterocycles. The van der Waals surface area contributed by atoms with Crippen LogP contribution in [0.25, 0.3) is 6.08 Å². The van der Waals surface area contributed by atoms with Crippen molar-refractivity contribution < 1.29 is 32.7 Å². The lowest BCUT2D eigenvalue weighted by atomic mass is 10.1. The van der Waals surface area contributed by atoms with E-state index in [9.17, 15) is 28.1 Å². The number of alkyl halides is 3. The molecular formula is C21H16F3N3O5S. The SMILES string of the molecule is C=Nc1ccc(Oc2cc(C(F)(F)F)ccc2[N+](=O)[O-])cc1/C=C\CC1=NC(C(=O)O)CS1. The summed E-state index contributed by atoms with van der Waals surface area (Å²) in [7, 11) is 0. The van der Waals surface area contributed by atoms with Gasteiger partial charge in [0.25, 0.3) is 0 Å². The number of nitro groups is 1. The van der Waals surface area contributed by atoms with Crippen molar-refractivity contribution in [1.29, 1.82) is 0 Å². The number of benzene rings is 2. The number of nitro benzene ring substituents is 1. The Morgan fingerprint density at radius 3 is 2.73 bits per heavy atom. The van der Waals surface area contributed by atoms with Gasteiger partial charge in [0.15, 0.2) is 6.04 Å². The van der Waals surface area contributed by atoms with Crippen LogP contribution in [-0.2, 0) is 11.0 Å². The molecule has 1 aliphatic rings. The summed E-state index contributed by atoms with van der Waals surface area (Å²) in [5, 5.41) is 20.9. The number of ether oxygens (including phenoxy) is 1. The largest absolute Gasteiger partial charge is 0.480 e.